The zero-order valence-electron chi connectivity index (χ0n) is 15.2. The predicted molar refractivity (Wildman–Crippen MR) is 103 cm³/mol. The summed E-state index contributed by atoms with van der Waals surface area (Å²) in [4.78, 5) is 12.4. The fourth-order valence-corrected chi connectivity index (χ4v) is 3.69. The molecule has 1 aliphatic rings. The molecule has 2 aromatic heterocycles. The van der Waals surface area contributed by atoms with Gasteiger partial charge in [0.15, 0.2) is 11.5 Å². The standard InChI is InChI=1S/C18H27N5O2S/c1-26-10-7-15(18-22-21-16-6-2-3-9-23(16)18)20-17(24)13-25-12-14-5-4-8-19-11-14/h2-3,6,9,14-15,19H,4-5,7-8,10-13H2,1H3,(H,20,24). The van der Waals surface area contributed by atoms with E-state index in [1.54, 1.807) is 11.8 Å². The van der Waals surface area contributed by atoms with E-state index in [2.05, 4.69) is 27.1 Å². The van der Waals surface area contributed by atoms with Crippen LogP contribution in [0.4, 0.5) is 0 Å². The molecular formula is C18H27N5O2S. The lowest BCUT2D eigenvalue weighted by Crippen LogP contribution is -2.35. The summed E-state index contributed by atoms with van der Waals surface area (Å²) < 4.78 is 7.58. The zero-order valence-corrected chi connectivity index (χ0v) is 16.0. The average molecular weight is 378 g/mol. The number of aromatic nitrogens is 3. The Balaban J connectivity index is 1.56. The van der Waals surface area contributed by atoms with Crippen molar-refractivity contribution in [1.29, 1.82) is 0 Å². The molecule has 1 aliphatic heterocycles. The summed E-state index contributed by atoms with van der Waals surface area (Å²) in [5.74, 6) is 2.10. The molecule has 0 spiro atoms. The second kappa shape index (κ2) is 9.89. The first-order valence-electron chi connectivity index (χ1n) is 9.14. The average Bonchev–Trinajstić information content (AvgIpc) is 3.10. The minimum absolute atomic E-state index is 0.0863. The summed E-state index contributed by atoms with van der Waals surface area (Å²) >= 11 is 1.75. The lowest BCUT2D eigenvalue weighted by atomic mass is 10.0. The number of piperidine rings is 1. The minimum Gasteiger partial charge on any atom is -0.371 e. The van der Waals surface area contributed by atoms with Crippen molar-refractivity contribution in [2.24, 2.45) is 5.92 Å². The van der Waals surface area contributed by atoms with Gasteiger partial charge in [-0.3, -0.25) is 9.20 Å². The molecule has 3 heterocycles. The Kier molecular flexibility index (Phi) is 7.28. The number of rotatable bonds is 9. The molecule has 2 unspecified atom stereocenters. The summed E-state index contributed by atoms with van der Waals surface area (Å²) in [6.07, 6.45) is 7.13. The highest BCUT2D eigenvalue weighted by Gasteiger charge is 2.20. The number of ether oxygens (including phenoxy) is 1. The van der Waals surface area contributed by atoms with Gasteiger partial charge in [-0.05, 0) is 55.9 Å². The van der Waals surface area contributed by atoms with Crippen LogP contribution in [-0.2, 0) is 9.53 Å². The molecule has 0 saturated carbocycles. The first-order valence-corrected chi connectivity index (χ1v) is 10.5. The Labute approximate surface area is 158 Å². The number of nitrogens with zero attached hydrogens (tertiary/aromatic N) is 3. The van der Waals surface area contributed by atoms with Gasteiger partial charge in [0.25, 0.3) is 0 Å². The van der Waals surface area contributed by atoms with Crippen molar-refractivity contribution < 1.29 is 9.53 Å². The lowest BCUT2D eigenvalue weighted by molar-refractivity contribution is -0.127. The molecule has 8 heteroatoms. The van der Waals surface area contributed by atoms with Gasteiger partial charge in [0, 0.05) is 12.7 Å². The maximum atomic E-state index is 12.4. The van der Waals surface area contributed by atoms with E-state index in [0.29, 0.717) is 12.5 Å². The smallest absolute Gasteiger partial charge is 0.246 e. The topological polar surface area (TPSA) is 80.5 Å². The molecule has 0 aromatic carbocycles. The van der Waals surface area contributed by atoms with Crippen LogP contribution in [0.5, 0.6) is 0 Å². The molecule has 3 rings (SSSR count). The molecule has 0 aliphatic carbocycles. The lowest BCUT2D eigenvalue weighted by Gasteiger charge is -2.22. The van der Waals surface area contributed by atoms with Gasteiger partial charge in [0.1, 0.15) is 6.61 Å². The zero-order chi connectivity index (χ0) is 18.2. The number of pyridine rings is 1. The van der Waals surface area contributed by atoms with E-state index in [4.69, 9.17) is 4.74 Å². The Morgan fingerprint density at radius 3 is 3.23 bits per heavy atom. The predicted octanol–water partition coefficient (Wildman–Crippen LogP) is 1.66. The van der Waals surface area contributed by atoms with Gasteiger partial charge in [0.05, 0.1) is 12.6 Å². The molecule has 26 heavy (non-hydrogen) atoms. The van der Waals surface area contributed by atoms with Gasteiger partial charge in [-0.1, -0.05) is 6.07 Å². The van der Waals surface area contributed by atoms with Gasteiger partial charge in [-0.2, -0.15) is 11.8 Å². The highest BCUT2D eigenvalue weighted by atomic mass is 32.2. The third kappa shape index (κ3) is 5.18. The van der Waals surface area contributed by atoms with Crippen LogP contribution in [0, 0.1) is 5.92 Å². The number of hydrogen-bond donors (Lipinski definition) is 2. The van der Waals surface area contributed by atoms with Gasteiger partial charge >= 0.3 is 0 Å². The van der Waals surface area contributed by atoms with Crippen molar-refractivity contribution in [3.8, 4) is 0 Å². The molecule has 2 atom stereocenters. The van der Waals surface area contributed by atoms with Crippen LogP contribution in [0.3, 0.4) is 0 Å². The van der Waals surface area contributed by atoms with E-state index in [0.717, 1.165) is 43.2 Å². The second-order valence-corrected chi connectivity index (χ2v) is 7.60. The maximum Gasteiger partial charge on any atom is 0.246 e. The van der Waals surface area contributed by atoms with E-state index in [1.807, 2.05) is 28.8 Å². The monoisotopic (exact) mass is 377 g/mol. The number of hydrogen-bond acceptors (Lipinski definition) is 6. The number of thioether (sulfide) groups is 1. The van der Waals surface area contributed by atoms with Crippen LogP contribution >= 0.6 is 11.8 Å². The number of amides is 1. The summed E-state index contributed by atoms with van der Waals surface area (Å²) in [6, 6.07) is 5.60. The van der Waals surface area contributed by atoms with Crippen molar-refractivity contribution in [3.63, 3.8) is 0 Å². The highest BCUT2D eigenvalue weighted by Crippen LogP contribution is 2.18. The van der Waals surface area contributed by atoms with Gasteiger partial charge in [-0.25, -0.2) is 0 Å². The van der Waals surface area contributed by atoms with E-state index < -0.39 is 0 Å². The van der Waals surface area contributed by atoms with E-state index in [-0.39, 0.29) is 18.6 Å². The summed E-state index contributed by atoms with van der Waals surface area (Å²) in [7, 11) is 0. The van der Waals surface area contributed by atoms with Crippen LogP contribution in [0.15, 0.2) is 24.4 Å². The van der Waals surface area contributed by atoms with Crippen molar-refractivity contribution in [2.45, 2.75) is 25.3 Å². The van der Waals surface area contributed by atoms with E-state index >= 15 is 0 Å². The van der Waals surface area contributed by atoms with Crippen LogP contribution in [0.25, 0.3) is 5.65 Å². The van der Waals surface area contributed by atoms with Crippen molar-refractivity contribution >= 4 is 23.3 Å². The summed E-state index contributed by atoms with van der Waals surface area (Å²) in [5.41, 5.74) is 0.784. The number of fused-ring (bicyclic) bond motifs is 1. The van der Waals surface area contributed by atoms with Crippen LogP contribution in [0.1, 0.15) is 31.1 Å². The molecule has 0 bridgehead atoms. The number of carbonyl (C=O) groups excluding carboxylic acids is 1. The minimum atomic E-state index is -0.174. The Morgan fingerprint density at radius 2 is 2.42 bits per heavy atom. The van der Waals surface area contributed by atoms with Crippen molar-refractivity contribution in [1.82, 2.24) is 25.2 Å². The Morgan fingerprint density at radius 1 is 1.50 bits per heavy atom. The molecule has 1 fully saturated rings. The molecule has 1 saturated heterocycles. The fraction of sp³-hybridized carbons (Fsp3) is 0.611. The number of carbonyl (C=O) groups is 1. The number of nitrogens with one attached hydrogen (secondary N) is 2. The van der Waals surface area contributed by atoms with Crippen LogP contribution in [0.2, 0.25) is 0 Å². The third-order valence-corrected chi connectivity index (χ3v) is 5.23. The molecule has 7 nitrogen and oxygen atoms in total. The molecule has 2 N–H and O–H groups in total. The fourth-order valence-electron chi connectivity index (χ4n) is 3.22. The SMILES string of the molecule is CSCCC(NC(=O)COCC1CCCNC1)c1nnc2ccccn12. The van der Waals surface area contributed by atoms with Crippen molar-refractivity contribution in [3.05, 3.63) is 30.2 Å². The summed E-state index contributed by atoms with van der Waals surface area (Å²) in [6.45, 7) is 2.77. The molecule has 1 amide bonds. The van der Waals surface area contributed by atoms with E-state index in [9.17, 15) is 4.79 Å². The quantitative estimate of drug-likeness (QED) is 0.692. The Hall–Kier alpha value is -1.64. The molecular weight excluding hydrogens is 350 g/mol. The molecule has 0 radical (unpaired) electrons. The normalized spacial score (nSPS) is 18.7. The second-order valence-electron chi connectivity index (χ2n) is 6.62. The van der Waals surface area contributed by atoms with Gasteiger partial charge in [0.2, 0.25) is 5.91 Å². The molecule has 142 valence electrons. The van der Waals surface area contributed by atoms with Gasteiger partial charge < -0.3 is 15.4 Å². The highest BCUT2D eigenvalue weighted by molar-refractivity contribution is 7.98. The first kappa shape index (κ1) is 19.1. The van der Waals surface area contributed by atoms with Crippen LogP contribution < -0.4 is 10.6 Å². The molecule has 2 aromatic rings. The Bertz CT molecular complexity index is 702. The summed E-state index contributed by atoms with van der Waals surface area (Å²) in [5, 5.41) is 14.9. The van der Waals surface area contributed by atoms with Crippen LogP contribution in [-0.4, -0.2) is 58.8 Å². The van der Waals surface area contributed by atoms with Gasteiger partial charge in [-0.15, -0.1) is 10.2 Å². The van der Waals surface area contributed by atoms with E-state index in [1.165, 1.54) is 6.42 Å². The third-order valence-electron chi connectivity index (χ3n) is 4.58. The largest absolute Gasteiger partial charge is 0.371 e. The van der Waals surface area contributed by atoms with Crippen molar-refractivity contribution in [2.75, 3.05) is 38.3 Å². The maximum absolute atomic E-state index is 12.4. The first-order chi connectivity index (χ1) is 12.8.